The first-order chi connectivity index (χ1) is 18.4. The van der Waals surface area contributed by atoms with Crippen molar-refractivity contribution in [1.82, 2.24) is 19.9 Å². The SMILES string of the molecule is CC(=O)Nc1nc(N2CCN(C(=O)COc3ccc(Cl)cc3)CC2)c2nc(-c3ccc(F)cc3)ccc2n1. The Labute approximate surface area is 223 Å². The van der Waals surface area contributed by atoms with E-state index in [1.54, 1.807) is 53.4 Å². The quantitative estimate of drug-likeness (QED) is 0.396. The van der Waals surface area contributed by atoms with Crippen molar-refractivity contribution in [3.05, 3.63) is 71.5 Å². The molecule has 0 unspecified atom stereocenters. The molecule has 0 aliphatic carbocycles. The summed E-state index contributed by atoms with van der Waals surface area (Å²) in [5.41, 5.74) is 2.50. The van der Waals surface area contributed by atoms with Crippen LogP contribution in [0, 0.1) is 5.82 Å². The lowest BCUT2D eigenvalue weighted by atomic mass is 10.1. The largest absolute Gasteiger partial charge is 0.484 e. The lowest BCUT2D eigenvalue weighted by Crippen LogP contribution is -2.50. The summed E-state index contributed by atoms with van der Waals surface area (Å²) in [5, 5.41) is 3.24. The van der Waals surface area contributed by atoms with E-state index in [0.29, 0.717) is 59.5 Å². The van der Waals surface area contributed by atoms with E-state index in [-0.39, 0.29) is 30.2 Å². The normalized spacial score (nSPS) is 13.4. The fourth-order valence-corrected chi connectivity index (χ4v) is 4.27. The summed E-state index contributed by atoms with van der Waals surface area (Å²) in [5.74, 6) is 0.551. The Bertz CT molecular complexity index is 1480. The lowest BCUT2D eigenvalue weighted by molar-refractivity contribution is -0.133. The van der Waals surface area contributed by atoms with Gasteiger partial charge < -0.3 is 14.5 Å². The van der Waals surface area contributed by atoms with Gasteiger partial charge in [0.15, 0.2) is 12.4 Å². The number of ether oxygens (including phenoxy) is 1. The van der Waals surface area contributed by atoms with E-state index in [0.717, 1.165) is 5.56 Å². The van der Waals surface area contributed by atoms with Crippen LogP contribution in [0.5, 0.6) is 5.75 Å². The van der Waals surface area contributed by atoms with E-state index in [2.05, 4.69) is 15.3 Å². The standard InChI is InChI=1S/C27H24ClFN6O3/c1-17(36)30-27-32-23-11-10-22(18-2-6-20(29)7-3-18)31-25(23)26(33-27)35-14-12-34(13-15-35)24(37)16-38-21-8-4-19(28)5-9-21/h2-11H,12-16H2,1H3,(H,30,32,33,36). The van der Waals surface area contributed by atoms with Crippen molar-refractivity contribution in [3.63, 3.8) is 0 Å². The van der Waals surface area contributed by atoms with Gasteiger partial charge in [0.2, 0.25) is 11.9 Å². The van der Waals surface area contributed by atoms with Gasteiger partial charge in [-0.2, -0.15) is 4.98 Å². The van der Waals surface area contributed by atoms with Crippen LogP contribution in [0.3, 0.4) is 0 Å². The van der Waals surface area contributed by atoms with E-state index in [9.17, 15) is 14.0 Å². The Morgan fingerprint density at radius 1 is 0.947 bits per heavy atom. The molecule has 9 nitrogen and oxygen atoms in total. The number of fused-ring (bicyclic) bond motifs is 1. The van der Waals surface area contributed by atoms with Gasteiger partial charge >= 0.3 is 0 Å². The second-order valence-corrected chi connectivity index (χ2v) is 9.17. The molecule has 0 spiro atoms. The monoisotopic (exact) mass is 534 g/mol. The number of aromatic nitrogens is 3. The summed E-state index contributed by atoms with van der Waals surface area (Å²) in [6.07, 6.45) is 0. The number of pyridine rings is 1. The lowest BCUT2D eigenvalue weighted by Gasteiger charge is -2.35. The van der Waals surface area contributed by atoms with Crippen molar-refractivity contribution in [2.75, 3.05) is 43.0 Å². The van der Waals surface area contributed by atoms with Crippen molar-refractivity contribution < 1.29 is 18.7 Å². The van der Waals surface area contributed by atoms with E-state index in [4.69, 9.17) is 21.3 Å². The topological polar surface area (TPSA) is 101 Å². The maximum atomic E-state index is 13.4. The highest BCUT2D eigenvalue weighted by molar-refractivity contribution is 6.30. The van der Waals surface area contributed by atoms with Crippen LogP contribution in [0.2, 0.25) is 5.02 Å². The molecule has 2 aromatic heterocycles. The van der Waals surface area contributed by atoms with Crippen LogP contribution in [0.15, 0.2) is 60.7 Å². The smallest absolute Gasteiger partial charge is 0.260 e. The summed E-state index contributed by atoms with van der Waals surface area (Å²) >= 11 is 5.89. The van der Waals surface area contributed by atoms with Gasteiger partial charge in [0.1, 0.15) is 17.1 Å². The zero-order chi connectivity index (χ0) is 26.6. The van der Waals surface area contributed by atoms with Crippen LogP contribution in [-0.2, 0) is 9.59 Å². The molecule has 1 saturated heterocycles. The first-order valence-electron chi connectivity index (χ1n) is 12.0. The van der Waals surface area contributed by atoms with Crippen molar-refractivity contribution >= 4 is 46.2 Å². The van der Waals surface area contributed by atoms with Gasteiger partial charge in [-0.1, -0.05) is 11.6 Å². The number of carbonyl (C=O) groups is 2. The number of amides is 2. The van der Waals surface area contributed by atoms with Crippen LogP contribution in [0.4, 0.5) is 16.2 Å². The molecular formula is C27H24ClFN6O3. The van der Waals surface area contributed by atoms with Gasteiger partial charge in [0, 0.05) is 43.7 Å². The number of benzene rings is 2. The Morgan fingerprint density at radius 2 is 1.66 bits per heavy atom. The molecule has 5 rings (SSSR count). The van der Waals surface area contributed by atoms with Crippen molar-refractivity contribution in [2.45, 2.75) is 6.92 Å². The molecule has 1 aliphatic rings. The Hall–Kier alpha value is -4.31. The summed E-state index contributed by atoms with van der Waals surface area (Å²) in [4.78, 5) is 42.0. The fourth-order valence-electron chi connectivity index (χ4n) is 4.15. The third kappa shape index (κ3) is 5.81. The molecule has 0 atom stereocenters. The average Bonchev–Trinajstić information content (AvgIpc) is 2.92. The second-order valence-electron chi connectivity index (χ2n) is 8.73. The highest BCUT2D eigenvalue weighted by atomic mass is 35.5. The van der Waals surface area contributed by atoms with Gasteiger partial charge in [-0.15, -0.1) is 0 Å². The average molecular weight is 535 g/mol. The number of hydrogen-bond donors (Lipinski definition) is 1. The number of rotatable bonds is 6. The van der Waals surface area contributed by atoms with Crippen molar-refractivity contribution in [3.8, 4) is 17.0 Å². The van der Waals surface area contributed by atoms with Gasteiger partial charge in [-0.3, -0.25) is 14.9 Å². The van der Waals surface area contributed by atoms with E-state index in [1.807, 2.05) is 4.90 Å². The highest BCUT2D eigenvalue weighted by Crippen LogP contribution is 2.28. The van der Waals surface area contributed by atoms with Crippen LogP contribution in [0.25, 0.3) is 22.3 Å². The molecule has 38 heavy (non-hydrogen) atoms. The van der Waals surface area contributed by atoms with Crippen molar-refractivity contribution in [1.29, 1.82) is 0 Å². The molecule has 1 fully saturated rings. The molecular weight excluding hydrogens is 511 g/mol. The highest BCUT2D eigenvalue weighted by Gasteiger charge is 2.25. The second kappa shape index (κ2) is 11.0. The molecule has 2 aromatic carbocycles. The predicted molar refractivity (Wildman–Crippen MR) is 143 cm³/mol. The molecule has 3 heterocycles. The molecule has 0 radical (unpaired) electrons. The number of anilines is 2. The molecule has 1 aliphatic heterocycles. The Morgan fingerprint density at radius 3 is 2.34 bits per heavy atom. The molecule has 0 bridgehead atoms. The Kier molecular flexibility index (Phi) is 7.32. The zero-order valence-corrected chi connectivity index (χ0v) is 21.3. The molecule has 11 heteroatoms. The molecule has 194 valence electrons. The maximum Gasteiger partial charge on any atom is 0.260 e. The van der Waals surface area contributed by atoms with Crippen LogP contribution in [-0.4, -0.2) is 64.5 Å². The number of piperazine rings is 1. The third-order valence-electron chi connectivity index (χ3n) is 6.06. The molecule has 2 amide bonds. The van der Waals surface area contributed by atoms with Crippen molar-refractivity contribution in [2.24, 2.45) is 0 Å². The minimum absolute atomic E-state index is 0.0761. The number of hydrogen-bond acceptors (Lipinski definition) is 7. The maximum absolute atomic E-state index is 13.4. The van der Waals surface area contributed by atoms with Crippen LogP contribution >= 0.6 is 11.6 Å². The van der Waals surface area contributed by atoms with E-state index < -0.39 is 0 Å². The fraction of sp³-hybridized carbons (Fsp3) is 0.222. The number of halogens is 2. The van der Waals surface area contributed by atoms with Gasteiger partial charge in [-0.05, 0) is 60.7 Å². The van der Waals surface area contributed by atoms with Crippen LogP contribution in [0.1, 0.15) is 6.92 Å². The number of nitrogens with one attached hydrogen (secondary N) is 1. The minimum Gasteiger partial charge on any atom is -0.484 e. The van der Waals surface area contributed by atoms with E-state index >= 15 is 0 Å². The summed E-state index contributed by atoms with van der Waals surface area (Å²) in [6, 6.07) is 16.5. The Balaban J connectivity index is 1.35. The zero-order valence-electron chi connectivity index (χ0n) is 20.5. The van der Waals surface area contributed by atoms with Gasteiger partial charge in [0.25, 0.3) is 5.91 Å². The number of nitrogens with zero attached hydrogens (tertiary/aromatic N) is 5. The number of carbonyl (C=O) groups excluding carboxylic acids is 2. The summed E-state index contributed by atoms with van der Waals surface area (Å²) in [6.45, 7) is 3.23. The van der Waals surface area contributed by atoms with E-state index in [1.165, 1.54) is 19.1 Å². The summed E-state index contributed by atoms with van der Waals surface area (Å²) in [7, 11) is 0. The van der Waals surface area contributed by atoms with Gasteiger partial charge in [-0.25, -0.2) is 14.4 Å². The molecule has 4 aromatic rings. The summed E-state index contributed by atoms with van der Waals surface area (Å²) < 4.78 is 19.0. The van der Waals surface area contributed by atoms with Gasteiger partial charge in [0.05, 0.1) is 11.2 Å². The first-order valence-corrected chi connectivity index (χ1v) is 12.4. The first kappa shape index (κ1) is 25.3. The van der Waals surface area contributed by atoms with Crippen LogP contribution < -0.4 is 15.0 Å². The molecule has 1 N–H and O–H groups in total. The minimum atomic E-state index is -0.329. The molecule has 0 saturated carbocycles. The third-order valence-corrected chi connectivity index (χ3v) is 6.31. The predicted octanol–water partition coefficient (Wildman–Crippen LogP) is 4.17.